The Morgan fingerprint density at radius 2 is 1.69 bits per heavy atom. The Morgan fingerprint density at radius 1 is 1.03 bits per heavy atom. The van der Waals surface area contributed by atoms with Crippen LogP contribution < -0.4 is 16.5 Å². The van der Waals surface area contributed by atoms with Crippen LogP contribution in [0.4, 0.5) is 5.69 Å². The Bertz CT molecular complexity index is 1350. The highest BCUT2D eigenvalue weighted by molar-refractivity contribution is 6.13. The standard InChI is InChI=1S/C28H29N5O3/c1-2-33(30)27-21-7-3-4-8-22(21)28(35)32(25-10-6-5-9-23(25)26(27)29)16-20-15-24(31-36-20)19-13-11-18(17-34)12-14-19/h3-14,20,34H,2,15-17,29-30H2,1H3/b27-26-. The van der Waals surface area contributed by atoms with Crippen LogP contribution in [0.15, 0.2) is 78.0 Å². The number of aliphatic hydroxyl groups excluding tert-OH is 1. The zero-order valence-electron chi connectivity index (χ0n) is 20.1. The second kappa shape index (κ2) is 9.85. The first kappa shape index (κ1) is 23.6. The number of carbonyl (C=O) groups is 1. The van der Waals surface area contributed by atoms with Gasteiger partial charge in [-0.3, -0.25) is 4.79 Å². The molecule has 1 atom stereocenters. The first-order valence-electron chi connectivity index (χ1n) is 12.0. The van der Waals surface area contributed by atoms with E-state index in [1.807, 2.05) is 73.7 Å². The molecule has 0 fully saturated rings. The van der Waals surface area contributed by atoms with E-state index in [0.29, 0.717) is 47.7 Å². The van der Waals surface area contributed by atoms with Crippen LogP contribution in [0.1, 0.15) is 46.0 Å². The number of rotatable bonds is 6. The fourth-order valence-corrected chi connectivity index (χ4v) is 4.69. The van der Waals surface area contributed by atoms with E-state index in [0.717, 1.165) is 22.4 Å². The lowest BCUT2D eigenvalue weighted by molar-refractivity contribution is 0.0817. The van der Waals surface area contributed by atoms with Gasteiger partial charge in [-0.1, -0.05) is 65.8 Å². The van der Waals surface area contributed by atoms with E-state index in [1.54, 1.807) is 16.0 Å². The van der Waals surface area contributed by atoms with Gasteiger partial charge in [0.2, 0.25) is 0 Å². The molecule has 184 valence electrons. The summed E-state index contributed by atoms with van der Waals surface area (Å²) in [5.41, 5.74) is 13.1. The summed E-state index contributed by atoms with van der Waals surface area (Å²) >= 11 is 0. The summed E-state index contributed by atoms with van der Waals surface area (Å²) in [6, 6.07) is 22.5. The van der Waals surface area contributed by atoms with Crippen LogP contribution in [0.2, 0.25) is 0 Å². The van der Waals surface area contributed by atoms with Crippen molar-refractivity contribution in [2.24, 2.45) is 16.7 Å². The molecule has 5 N–H and O–H groups in total. The van der Waals surface area contributed by atoms with Crippen LogP contribution in [-0.4, -0.2) is 40.9 Å². The van der Waals surface area contributed by atoms with Gasteiger partial charge in [0.15, 0.2) is 6.10 Å². The molecule has 1 amide bonds. The van der Waals surface area contributed by atoms with Crippen molar-refractivity contribution in [2.45, 2.75) is 26.1 Å². The molecule has 0 bridgehead atoms. The van der Waals surface area contributed by atoms with Gasteiger partial charge in [-0.15, -0.1) is 0 Å². The summed E-state index contributed by atoms with van der Waals surface area (Å²) in [6.45, 7) is 2.76. The average Bonchev–Trinajstić information content (AvgIpc) is 3.40. The molecule has 3 aromatic carbocycles. The van der Waals surface area contributed by atoms with Crippen LogP contribution >= 0.6 is 0 Å². The molecular formula is C28H29N5O3. The summed E-state index contributed by atoms with van der Waals surface area (Å²) in [7, 11) is 0. The van der Waals surface area contributed by atoms with Gasteiger partial charge >= 0.3 is 0 Å². The summed E-state index contributed by atoms with van der Waals surface area (Å²) in [5.74, 6) is 6.20. The van der Waals surface area contributed by atoms with Crippen molar-refractivity contribution in [3.05, 3.63) is 101 Å². The molecule has 2 aliphatic heterocycles. The highest BCUT2D eigenvalue weighted by Gasteiger charge is 2.33. The SMILES string of the molecule is CCN(N)/C1=C(\N)c2ccccc2N(CC2CC(c3ccc(CO)cc3)=NO2)C(=O)c2ccccc21. The summed E-state index contributed by atoms with van der Waals surface area (Å²) < 4.78 is 0. The van der Waals surface area contributed by atoms with Crippen LogP contribution in [0.3, 0.4) is 0 Å². The van der Waals surface area contributed by atoms with Crippen LogP contribution in [0, 0.1) is 0 Å². The monoisotopic (exact) mass is 483 g/mol. The maximum Gasteiger partial charge on any atom is 0.259 e. The third-order valence-corrected chi connectivity index (χ3v) is 6.61. The number of nitrogens with two attached hydrogens (primary N) is 2. The number of benzene rings is 3. The molecular weight excluding hydrogens is 454 g/mol. The summed E-state index contributed by atoms with van der Waals surface area (Å²) in [6.07, 6.45) is 0.224. The Labute approximate surface area is 210 Å². The van der Waals surface area contributed by atoms with Crippen molar-refractivity contribution < 1.29 is 14.7 Å². The first-order chi connectivity index (χ1) is 17.5. The van der Waals surface area contributed by atoms with Gasteiger partial charge < -0.3 is 25.6 Å². The fourth-order valence-electron chi connectivity index (χ4n) is 4.69. The molecule has 0 radical (unpaired) electrons. The maximum atomic E-state index is 14.0. The van der Waals surface area contributed by atoms with Gasteiger partial charge in [-0.25, -0.2) is 5.84 Å². The molecule has 0 aromatic heterocycles. The summed E-state index contributed by atoms with van der Waals surface area (Å²) in [4.78, 5) is 21.5. The Hall–Kier alpha value is -4.14. The molecule has 0 saturated carbocycles. The Balaban J connectivity index is 1.51. The van der Waals surface area contributed by atoms with E-state index < -0.39 is 0 Å². The minimum atomic E-state index is -0.326. The zero-order chi connectivity index (χ0) is 25.2. The van der Waals surface area contributed by atoms with Crippen molar-refractivity contribution >= 4 is 28.7 Å². The van der Waals surface area contributed by atoms with Crippen LogP contribution in [0.5, 0.6) is 0 Å². The van der Waals surface area contributed by atoms with E-state index in [2.05, 4.69) is 5.16 Å². The second-order valence-corrected chi connectivity index (χ2v) is 8.85. The number of hydrogen-bond donors (Lipinski definition) is 3. The number of hydrazine groups is 1. The van der Waals surface area contributed by atoms with Crippen molar-refractivity contribution in [2.75, 3.05) is 18.0 Å². The lowest BCUT2D eigenvalue weighted by Crippen LogP contribution is -2.41. The van der Waals surface area contributed by atoms with Gasteiger partial charge in [0.25, 0.3) is 5.91 Å². The van der Waals surface area contributed by atoms with E-state index in [9.17, 15) is 9.90 Å². The number of hydrogen-bond acceptors (Lipinski definition) is 7. The van der Waals surface area contributed by atoms with Gasteiger partial charge in [0.05, 0.1) is 35.9 Å². The smallest absolute Gasteiger partial charge is 0.259 e. The minimum Gasteiger partial charge on any atom is -0.396 e. The van der Waals surface area contributed by atoms with Crippen molar-refractivity contribution in [1.29, 1.82) is 0 Å². The molecule has 2 aliphatic rings. The van der Waals surface area contributed by atoms with E-state index in [4.69, 9.17) is 16.4 Å². The fraction of sp³-hybridized carbons (Fsp3) is 0.214. The van der Waals surface area contributed by atoms with Crippen molar-refractivity contribution in [3.8, 4) is 0 Å². The normalized spacial score (nSPS) is 19.1. The number of nitrogens with zero attached hydrogens (tertiary/aromatic N) is 3. The molecule has 2 heterocycles. The van der Waals surface area contributed by atoms with Gasteiger partial charge in [-0.2, -0.15) is 0 Å². The number of carbonyl (C=O) groups excluding carboxylic acids is 1. The number of fused-ring (bicyclic) bond motifs is 2. The maximum absolute atomic E-state index is 14.0. The largest absolute Gasteiger partial charge is 0.396 e. The number of para-hydroxylation sites is 1. The number of aliphatic hydroxyl groups is 1. The lowest BCUT2D eigenvalue weighted by Gasteiger charge is -2.33. The second-order valence-electron chi connectivity index (χ2n) is 8.85. The Kier molecular flexibility index (Phi) is 6.45. The van der Waals surface area contributed by atoms with Gasteiger partial charge in [-0.05, 0) is 30.2 Å². The molecule has 3 aromatic rings. The minimum absolute atomic E-state index is 0.0106. The molecule has 36 heavy (non-hydrogen) atoms. The number of anilines is 1. The van der Waals surface area contributed by atoms with Crippen molar-refractivity contribution in [3.63, 3.8) is 0 Å². The molecule has 5 rings (SSSR count). The zero-order valence-corrected chi connectivity index (χ0v) is 20.1. The van der Waals surface area contributed by atoms with Crippen molar-refractivity contribution in [1.82, 2.24) is 5.01 Å². The van der Waals surface area contributed by atoms with Gasteiger partial charge in [0.1, 0.15) is 0 Å². The molecule has 0 spiro atoms. The summed E-state index contributed by atoms with van der Waals surface area (Å²) in [5, 5.41) is 15.2. The average molecular weight is 484 g/mol. The highest BCUT2D eigenvalue weighted by Crippen LogP contribution is 2.36. The molecule has 8 nitrogen and oxygen atoms in total. The number of amides is 1. The molecule has 8 heteroatoms. The third-order valence-electron chi connectivity index (χ3n) is 6.61. The number of oxime groups is 1. The lowest BCUT2D eigenvalue weighted by atomic mass is 9.94. The molecule has 0 saturated heterocycles. The molecule has 1 unspecified atom stereocenters. The van der Waals surface area contributed by atoms with E-state index in [1.165, 1.54) is 0 Å². The Morgan fingerprint density at radius 3 is 2.39 bits per heavy atom. The van der Waals surface area contributed by atoms with E-state index in [-0.39, 0.29) is 18.6 Å². The highest BCUT2D eigenvalue weighted by atomic mass is 16.6. The predicted octanol–water partition coefficient (Wildman–Crippen LogP) is 3.31. The van der Waals surface area contributed by atoms with Crippen LogP contribution in [0.25, 0.3) is 11.4 Å². The third kappa shape index (κ3) is 4.21. The first-order valence-corrected chi connectivity index (χ1v) is 12.0. The predicted molar refractivity (Wildman–Crippen MR) is 141 cm³/mol. The van der Waals surface area contributed by atoms with E-state index >= 15 is 0 Å². The molecule has 0 aliphatic carbocycles. The van der Waals surface area contributed by atoms with Gasteiger partial charge in [0, 0.05) is 29.7 Å². The quantitative estimate of drug-likeness (QED) is 0.366. The van der Waals surface area contributed by atoms with Crippen LogP contribution in [-0.2, 0) is 11.4 Å². The topological polar surface area (TPSA) is 117 Å².